The lowest BCUT2D eigenvalue weighted by Gasteiger charge is -2.22. The third kappa shape index (κ3) is 6.01. The fourth-order valence-electron chi connectivity index (χ4n) is 1.93. The van der Waals surface area contributed by atoms with Gasteiger partial charge in [0.05, 0.1) is 25.4 Å². The maximum Gasteiger partial charge on any atom is 0.0898 e. The Balaban J connectivity index is 2.27. The number of hydrogen-bond acceptors (Lipinski definition) is 4. The molecule has 1 aromatic carbocycles. The zero-order chi connectivity index (χ0) is 15.0. The number of nitrogens with one attached hydrogen (secondary N) is 1. The zero-order valence-electron chi connectivity index (χ0n) is 12.6. The van der Waals surface area contributed by atoms with Gasteiger partial charge < -0.3 is 20.3 Å². The van der Waals surface area contributed by atoms with Crippen LogP contribution < -0.4 is 5.32 Å². The van der Waals surface area contributed by atoms with E-state index in [2.05, 4.69) is 5.32 Å². The summed E-state index contributed by atoms with van der Waals surface area (Å²) in [4.78, 5) is 0. The van der Waals surface area contributed by atoms with E-state index in [1.807, 2.05) is 51.1 Å². The largest absolute Gasteiger partial charge is 0.395 e. The first-order valence-corrected chi connectivity index (χ1v) is 7.23. The zero-order valence-corrected chi connectivity index (χ0v) is 12.6. The molecule has 0 saturated heterocycles. The van der Waals surface area contributed by atoms with Gasteiger partial charge in [0, 0.05) is 12.6 Å². The monoisotopic (exact) mass is 281 g/mol. The van der Waals surface area contributed by atoms with Crippen LogP contribution in [0.4, 0.5) is 0 Å². The molecule has 0 bridgehead atoms. The van der Waals surface area contributed by atoms with E-state index in [9.17, 15) is 10.2 Å². The van der Waals surface area contributed by atoms with Gasteiger partial charge in [0.25, 0.3) is 0 Å². The Kier molecular flexibility index (Phi) is 7.77. The predicted octanol–water partition coefficient (Wildman–Crippen LogP) is 1.73. The molecule has 4 nitrogen and oxygen atoms in total. The molecule has 0 heterocycles. The number of ether oxygens (including phenoxy) is 1. The Hall–Kier alpha value is -0.940. The van der Waals surface area contributed by atoms with E-state index in [4.69, 9.17) is 4.74 Å². The number of rotatable bonds is 9. The van der Waals surface area contributed by atoms with Crippen molar-refractivity contribution in [2.24, 2.45) is 5.92 Å². The van der Waals surface area contributed by atoms with E-state index in [0.29, 0.717) is 12.5 Å². The van der Waals surface area contributed by atoms with Crippen molar-refractivity contribution >= 4 is 0 Å². The standard InChI is InChI=1S/C16H27NO3/c1-12(2)16(10-18)17-9-15(19)11-20-13(3)14-7-5-4-6-8-14/h4-8,12-13,15-19H,9-11H2,1-3H3/t13?,15?,16-/m1/s1. The number of benzene rings is 1. The summed E-state index contributed by atoms with van der Waals surface area (Å²) in [5, 5.41) is 22.3. The molecule has 3 atom stereocenters. The van der Waals surface area contributed by atoms with Crippen molar-refractivity contribution in [1.29, 1.82) is 0 Å². The van der Waals surface area contributed by atoms with Crippen molar-refractivity contribution < 1.29 is 14.9 Å². The summed E-state index contributed by atoms with van der Waals surface area (Å²) >= 11 is 0. The lowest BCUT2D eigenvalue weighted by atomic mass is 10.1. The molecule has 4 heteroatoms. The second-order valence-electron chi connectivity index (χ2n) is 5.48. The van der Waals surface area contributed by atoms with Crippen LogP contribution in [-0.2, 0) is 4.74 Å². The highest BCUT2D eigenvalue weighted by atomic mass is 16.5. The molecular formula is C16H27NO3. The summed E-state index contributed by atoms with van der Waals surface area (Å²) in [5.41, 5.74) is 1.10. The summed E-state index contributed by atoms with van der Waals surface area (Å²) in [6, 6.07) is 9.95. The van der Waals surface area contributed by atoms with Crippen molar-refractivity contribution in [1.82, 2.24) is 5.32 Å². The Bertz CT molecular complexity index is 356. The van der Waals surface area contributed by atoms with E-state index in [-0.39, 0.29) is 25.4 Å². The van der Waals surface area contributed by atoms with E-state index >= 15 is 0 Å². The molecule has 0 aliphatic heterocycles. The van der Waals surface area contributed by atoms with Gasteiger partial charge in [-0.15, -0.1) is 0 Å². The maximum absolute atomic E-state index is 9.90. The first-order chi connectivity index (χ1) is 9.54. The third-order valence-electron chi connectivity index (χ3n) is 3.42. The average Bonchev–Trinajstić information content (AvgIpc) is 2.46. The molecule has 3 N–H and O–H groups in total. The molecule has 0 aliphatic rings. The van der Waals surface area contributed by atoms with Gasteiger partial charge in [0.2, 0.25) is 0 Å². The molecule has 1 aromatic rings. The second-order valence-corrected chi connectivity index (χ2v) is 5.48. The fourth-order valence-corrected chi connectivity index (χ4v) is 1.93. The van der Waals surface area contributed by atoms with Crippen LogP contribution in [0.5, 0.6) is 0 Å². The summed E-state index contributed by atoms with van der Waals surface area (Å²) in [6.07, 6.45) is -0.612. The van der Waals surface area contributed by atoms with Crippen LogP contribution in [0, 0.1) is 5.92 Å². The SMILES string of the molecule is CC(OCC(O)CN[C@H](CO)C(C)C)c1ccccc1. The van der Waals surface area contributed by atoms with E-state index in [1.54, 1.807) is 0 Å². The van der Waals surface area contributed by atoms with Gasteiger partial charge in [-0.1, -0.05) is 44.2 Å². The molecule has 0 aliphatic carbocycles. The highest BCUT2D eigenvalue weighted by Crippen LogP contribution is 2.15. The maximum atomic E-state index is 9.90. The number of aliphatic hydroxyl groups is 2. The average molecular weight is 281 g/mol. The van der Waals surface area contributed by atoms with Crippen LogP contribution in [0.1, 0.15) is 32.4 Å². The number of hydrogen-bond donors (Lipinski definition) is 3. The Labute approximate surface area is 121 Å². The molecule has 0 aromatic heterocycles. The predicted molar refractivity (Wildman–Crippen MR) is 80.5 cm³/mol. The molecule has 20 heavy (non-hydrogen) atoms. The third-order valence-corrected chi connectivity index (χ3v) is 3.42. The molecule has 0 fully saturated rings. The molecule has 0 amide bonds. The summed E-state index contributed by atoms with van der Waals surface area (Å²) < 4.78 is 5.66. The quantitative estimate of drug-likeness (QED) is 0.645. The summed E-state index contributed by atoms with van der Waals surface area (Å²) in [7, 11) is 0. The first kappa shape index (κ1) is 17.1. The molecule has 0 radical (unpaired) electrons. The van der Waals surface area contributed by atoms with E-state index in [0.717, 1.165) is 5.56 Å². The lowest BCUT2D eigenvalue weighted by Crippen LogP contribution is -2.42. The van der Waals surface area contributed by atoms with Crippen LogP contribution in [0.25, 0.3) is 0 Å². The van der Waals surface area contributed by atoms with Crippen molar-refractivity contribution in [3.63, 3.8) is 0 Å². The van der Waals surface area contributed by atoms with Crippen LogP contribution in [0.15, 0.2) is 30.3 Å². The Morgan fingerprint density at radius 3 is 2.35 bits per heavy atom. The van der Waals surface area contributed by atoms with Gasteiger partial charge in [0.15, 0.2) is 0 Å². The molecule has 2 unspecified atom stereocenters. The second kappa shape index (κ2) is 9.08. The Morgan fingerprint density at radius 1 is 1.15 bits per heavy atom. The normalized spacial score (nSPS) is 16.1. The fraction of sp³-hybridized carbons (Fsp3) is 0.625. The molecule has 0 saturated carbocycles. The van der Waals surface area contributed by atoms with Gasteiger partial charge in [0.1, 0.15) is 0 Å². The molecular weight excluding hydrogens is 254 g/mol. The molecule has 1 rings (SSSR count). The molecule has 114 valence electrons. The smallest absolute Gasteiger partial charge is 0.0898 e. The van der Waals surface area contributed by atoms with Crippen molar-refractivity contribution in [3.8, 4) is 0 Å². The van der Waals surface area contributed by atoms with Crippen LogP contribution in [-0.4, -0.2) is 42.1 Å². The van der Waals surface area contributed by atoms with Gasteiger partial charge >= 0.3 is 0 Å². The number of aliphatic hydroxyl groups excluding tert-OH is 2. The highest BCUT2D eigenvalue weighted by Gasteiger charge is 2.14. The van der Waals surface area contributed by atoms with Crippen molar-refractivity contribution in [3.05, 3.63) is 35.9 Å². The van der Waals surface area contributed by atoms with Gasteiger partial charge in [-0.2, -0.15) is 0 Å². The van der Waals surface area contributed by atoms with Crippen molar-refractivity contribution in [2.45, 2.75) is 39.0 Å². The van der Waals surface area contributed by atoms with Crippen LogP contribution in [0.2, 0.25) is 0 Å². The van der Waals surface area contributed by atoms with Gasteiger partial charge in [-0.25, -0.2) is 0 Å². The summed E-state index contributed by atoms with van der Waals surface area (Å²) in [6.45, 7) is 6.82. The Morgan fingerprint density at radius 2 is 1.80 bits per heavy atom. The lowest BCUT2D eigenvalue weighted by molar-refractivity contribution is -0.00415. The topological polar surface area (TPSA) is 61.7 Å². The first-order valence-electron chi connectivity index (χ1n) is 7.23. The minimum absolute atomic E-state index is 0.0104. The minimum atomic E-state index is -0.575. The highest BCUT2D eigenvalue weighted by molar-refractivity contribution is 5.16. The minimum Gasteiger partial charge on any atom is -0.395 e. The van der Waals surface area contributed by atoms with Crippen molar-refractivity contribution in [2.75, 3.05) is 19.8 Å². The van der Waals surface area contributed by atoms with Gasteiger partial charge in [-0.3, -0.25) is 0 Å². The van der Waals surface area contributed by atoms with E-state index < -0.39 is 6.10 Å². The van der Waals surface area contributed by atoms with E-state index in [1.165, 1.54) is 0 Å². The summed E-state index contributed by atoms with van der Waals surface area (Å²) in [5.74, 6) is 0.330. The van der Waals surface area contributed by atoms with Crippen LogP contribution in [0.3, 0.4) is 0 Å². The van der Waals surface area contributed by atoms with Crippen LogP contribution >= 0.6 is 0 Å². The molecule has 0 spiro atoms. The van der Waals surface area contributed by atoms with Gasteiger partial charge in [-0.05, 0) is 18.4 Å².